The van der Waals surface area contributed by atoms with E-state index in [1.165, 1.54) is 0 Å². The van der Waals surface area contributed by atoms with Crippen molar-refractivity contribution in [2.75, 3.05) is 6.61 Å². The molecule has 1 aliphatic carbocycles. The second-order valence-electron chi connectivity index (χ2n) is 7.80. The normalized spacial score (nSPS) is 17.3. The second kappa shape index (κ2) is 10.4. The van der Waals surface area contributed by atoms with Crippen LogP contribution in [0.25, 0.3) is 0 Å². The van der Waals surface area contributed by atoms with Crippen molar-refractivity contribution >= 4 is 17.8 Å². The summed E-state index contributed by atoms with van der Waals surface area (Å²) in [6.07, 6.45) is 4.75. The van der Waals surface area contributed by atoms with Crippen molar-refractivity contribution in [3.8, 4) is 0 Å². The second-order valence-corrected chi connectivity index (χ2v) is 7.80. The Bertz CT molecular complexity index is 836. The van der Waals surface area contributed by atoms with Crippen LogP contribution in [0.15, 0.2) is 22.6 Å². The van der Waals surface area contributed by atoms with Crippen molar-refractivity contribution < 1.29 is 19.5 Å². The van der Waals surface area contributed by atoms with Crippen LogP contribution >= 0.6 is 0 Å². The average molecular weight is 400 g/mol. The first-order valence-corrected chi connectivity index (χ1v) is 10.5. The van der Waals surface area contributed by atoms with E-state index in [1.54, 1.807) is 6.21 Å². The van der Waals surface area contributed by atoms with Gasteiger partial charge in [-0.1, -0.05) is 18.1 Å². The lowest BCUT2D eigenvalue weighted by atomic mass is 9.76. The van der Waals surface area contributed by atoms with E-state index in [-0.39, 0.29) is 23.2 Å². The van der Waals surface area contributed by atoms with E-state index in [2.05, 4.69) is 5.16 Å². The average Bonchev–Trinajstić information content (AvgIpc) is 2.63. The molecule has 0 aromatic heterocycles. The van der Waals surface area contributed by atoms with Gasteiger partial charge in [0.25, 0.3) is 0 Å². The number of nitrogens with zero attached hydrogens (tertiary/aromatic N) is 1. The van der Waals surface area contributed by atoms with Gasteiger partial charge in [0.2, 0.25) is 0 Å². The molecule has 0 aliphatic heterocycles. The van der Waals surface area contributed by atoms with Gasteiger partial charge in [-0.25, -0.2) is 0 Å². The number of rotatable bonds is 9. The highest BCUT2D eigenvalue weighted by atomic mass is 16.6. The Labute approximate surface area is 173 Å². The molecule has 2 rings (SSSR count). The Hall–Kier alpha value is -2.43. The van der Waals surface area contributed by atoms with Crippen LogP contribution in [0.4, 0.5) is 0 Å². The minimum atomic E-state index is -0.0999. The largest absolute Gasteiger partial charge is 0.512 e. The maximum atomic E-state index is 12.8. The molecule has 0 saturated carbocycles. The number of aliphatic hydroxyl groups is 1. The minimum absolute atomic E-state index is 0.0237. The van der Waals surface area contributed by atoms with Gasteiger partial charge in [0.05, 0.1) is 5.76 Å². The summed E-state index contributed by atoms with van der Waals surface area (Å²) in [5, 5.41) is 14.4. The summed E-state index contributed by atoms with van der Waals surface area (Å²) in [6.45, 7) is 10.3. The third-order valence-corrected chi connectivity index (χ3v) is 5.55. The van der Waals surface area contributed by atoms with Crippen molar-refractivity contribution in [1.82, 2.24) is 0 Å². The summed E-state index contributed by atoms with van der Waals surface area (Å²) in [5.74, 6) is 0.193. The number of carbonyl (C=O) groups excluding carboxylic acids is 2. The number of benzene rings is 1. The molecular weight excluding hydrogens is 366 g/mol. The summed E-state index contributed by atoms with van der Waals surface area (Å²) in [7, 11) is 0. The van der Waals surface area contributed by atoms with Crippen LogP contribution in [-0.4, -0.2) is 29.5 Å². The number of hydrogen-bond acceptors (Lipinski definition) is 5. The van der Waals surface area contributed by atoms with E-state index in [0.717, 1.165) is 34.2 Å². The van der Waals surface area contributed by atoms with E-state index in [1.807, 2.05) is 40.7 Å². The number of allylic oxidation sites excluding steroid dienone is 2. The third kappa shape index (κ3) is 5.34. The SMILES string of the molecule is CCCC(=O)c1c(C)cc(C)c(C2CC(=O)C(CCC=NOCC)=C(O)C2)c1C. The van der Waals surface area contributed by atoms with Crippen molar-refractivity contribution in [2.45, 2.75) is 79.1 Å². The maximum Gasteiger partial charge on any atom is 0.163 e. The van der Waals surface area contributed by atoms with Crippen LogP contribution in [0, 0.1) is 20.8 Å². The molecule has 0 amide bonds. The first kappa shape index (κ1) is 22.9. The molecule has 0 heterocycles. The Morgan fingerprint density at radius 3 is 2.59 bits per heavy atom. The van der Waals surface area contributed by atoms with Gasteiger partial charge in [0.1, 0.15) is 6.61 Å². The molecule has 5 nitrogen and oxygen atoms in total. The van der Waals surface area contributed by atoms with Gasteiger partial charge in [-0.05, 0) is 75.1 Å². The van der Waals surface area contributed by atoms with Gasteiger partial charge in [-0.15, -0.1) is 0 Å². The monoisotopic (exact) mass is 399 g/mol. The van der Waals surface area contributed by atoms with Gasteiger partial charge >= 0.3 is 0 Å². The van der Waals surface area contributed by atoms with Gasteiger partial charge in [0, 0.05) is 36.6 Å². The number of Topliss-reactive ketones (excluding diaryl/α,β-unsaturated/α-hetero) is 2. The number of aryl methyl sites for hydroxylation is 2. The number of ketones is 2. The van der Waals surface area contributed by atoms with Gasteiger partial charge in [-0.2, -0.15) is 0 Å². The number of carbonyl (C=O) groups is 2. The number of hydrogen-bond donors (Lipinski definition) is 1. The molecule has 0 fully saturated rings. The summed E-state index contributed by atoms with van der Waals surface area (Å²) in [4.78, 5) is 30.3. The molecule has 0 bridgehead atoms. The van der Waals surface area contributed by atoms with Crippen LogP contribution in [0.3, 0.4) is 0 Å². The van der Waals surface area contributed by atoms with E-state index in [9.17, 15) is 14.7 Å². The summed E-state index contributed by atoms with van der Waals surface area (Å²) >= 11 is 0. The molecule has 1 aromatic carbocycles. The molecule has 5 heteroatoms. The van der Waals surface area contributed by atoms with Crippen molar-refractivity contribution in [3.05, 3.63) is 45.2 Å². The fourth-order valence-corrected chi connectivity index (χ4v) is 4.42. The number of aliphatic hydroxyl groups excluding tert-OH is 1. The predicted octanol–water partition coefficient (Wildman–Crippen LogP) is 5.66. The Balaban J connectivity index is 2.29. The van der Waals surface area contributed by atoms with Crippen LogP contribution < -0.4 is 0 Å². The first-order chi connectivity index (χ1) is 13.8. The first-order valence-electron chi connectivity index (χ1n) is 10.5. The molecule has 158 valence electrons. The fraction of sp³-hybridized carbons (Fsp3) is 0.542. The molecule has 1 unspecified atom stereocenters. The highest BCUT2D eigenvalue weighted by molar-refractivity contribution is 6.00. The zero-order valence-corrected chi connectivity index (χ0v) is 18.3. The Kier molecular flexibility index (Phi) is 8.18. The van der Waals surface area contributed by atoms with E-state index in [0.29, 0.717) is 44.3 Å². The molecule has 1 atom stereocenters. The quantitative estimate of drug-likeness (QED) is 0.330. The molecule has 0 saturated heterocycles. The van der Waals surface area contributed by atoms with Crippen LogP contribution in [-0.2, 0) is 9.63 Å². The van der Waals surface area contributed by atoms with Crippen LogP contribution in [0.1, 0.15) is 90.9 Å². The van der Waals surface area contributed by atoms with Gasteiger partial charge in [0.15, 0.2) is 11.6 Å². The van der Waals surface area contributed by atoms with E-state index in [4.69, 9.17) is 4.84 Å². The zero-order chi connectivity index (χ0) is 21.6. The van der Waals surface area contributed by atoms with Crippen LogP contribution in [0.5, 0.6) is 0 Å². The lowest BCUT2D eigenvalue weighted by molar-refractivity contribution is -0.116. The van der Waals surface area contributed by atoms with E-state index >= 15 is 0 Å². The van der Waals surface area contributed by atoms with Crippen molar-refractivity contribution in [2.24, 2.45) is 5.16 Å². The fourth-order valence-electron chi connectivity index (χ4n) is 4.42. The summed E-state index contributed by atoms with van der Waals surface area (Å²) in [6, 6.07) is 2.04. The third-order valence-electron chi connectivity index (χ3n) is 5.55. The molecule has 0 radical (unpaired) electrons. The molecule has 1 aromatic rings. The molecule has 29 heavy (non-hydrogen) atoms. The Morgan fingerprint density at radius 2 is 1.97 bits per heavy atom. The smallest absolute Gasteiger partial charge is 0.163 e. The lowest BCUT2D eigenvalue weighted by Crippen LogP contribution is -2.21. The highest BCUT2D eigenvalue weighted by Crippen LogP contribution is 2.39. The van der Waals surface area contributed by atoms with Crippen molar-refractivity contribution in [3.63, 3.8) is 0 Å². The zero-order valence-electron chi connectivity index (χ0n) is 18.3. The topological polar surface area (TPSA) is 76.0 Å². The standard InChI is InChI=1S/C24H33NO4/c1-6-9-20(26)24-16(4)12-15(3)23(17(24)5)18-13-21(27)19(22(28)14-18)10-8-11-25-29-7-2/h11-12,18,27H,6-10,13-14H2,1-5H3. The molecular formula is C24H33NO4. The highest BCUT2D eigenvalue weighted by Gasteiger charge is 2.31. The number of oxime groups is 1. The van der Waals surface area contributed by atoms with E-state index < -0.39 is 0 Å². The summed E-state index contributed by atoms with van der Waals surface area (Å²) in [5.41, 5.74) is 5.32. The van der Waals surface area contributed by atoms with Crippen molar-refractivity contribution in [1.29, 1.82) is 0 Å². The minimum Gasteiger partial charge on any atom is -0.512 e. The molecule has 1 aliphatic rings. The lowest BCUT2D eigenvalue weighted by Gasteiger charge is -2.28. The van der Waals surface area contributed by atoms with Crippen LogP contribution in [0.2, 0.25) is 0 Å². The predicted molar refractivity (Wildman–Crippen MR) is 116 cm³/mol. The molecule has 1 N–H and O–H groups in total. The Morgan fingerprint density at radius 1 is 1.24 bits per heavy atom. The van der Waals surface area contributed by atoms with Gasteiger partial charge < -0.3 is 9.94 Å². The van der Waals surface area contributed by atoms with Gasteiger partial charge in [-0.3, -0.25) is 9.59 Å². The molecule has 0 spiro atoms. The maximum absolute atomic E-state index is 12.8. The summed E-state index contributed by atoms with van der Waals surface area (Å²) < 4.78 is 0.